The van der Waals surface area contributed by atoms with E-state index in [0.717, 1.165) is 47.2 Å². The van der Waals surface area contributed by atoms with Crippen molar-refractivity contribution in [2.24, 2.45) is 0 Å². The van der Waals surface area contributed by atoms with Gasteiger partial charge in [0.15, 0.2) is 0 Å². The minimum Gasteiger partial charge on any atom is -0.465 e. The van der Waals surface area contributed by atoms with Crippen LogP contribution in [0.25, 0.3) is 22.4 Å². The van der Waals surface area contributed by atoms with Crippen LogP contribution in [0.2, 0.25) is 0 Å². The molecule has 4 nitrogen and oxygen atoms in total. The second kappa shape index (κ2) is 7.97. The predicted octanol–water partition coefficient (Wildman–Crippen LogP) is 7.41. The Morgan fingerprint density at radius 3 is 2.06 bits per heavy atom. The Kier molecular flexibility index (Phi) is 5.31. The highest BCUT2D eigenvalue weighted by atomic mass is 16.4. The predicted molar refractivity (Wildman–Crippen MR) is 137 cm³/mol. The highest BCUT2D eigenvalue weighted by Crippen LogP contribution is 2.47. The maximum atomic E-state index is 11.3. The topological polar surface area (TPSA) is 62.2 Å². The van der Waals surface area contributed by atoms with E-state index in [9.17, 15) is 9.90 Å². The van der Waals surface area contributed by atoms with Crippen LogP contribution in [0, 0.1) is 0 Å². The highest BCUT2D eigenvalue weighted by molar-refractivity contribution is 5.72. The average Bonchev–Trinajstić information content (AvgIpc) is 2.79. The van der Waals surface area contributed by atoms with Gasteiger partial charge in [-0.1, -0.05) is 64.1 Å². The van der Waals surface area contributed by atoms with Gasteiger partial charge in [-0.2, -0.15) is 0 Å². The summed E-state index contributed by atoms with van der Waals surface area (Å²) in [7, 11) is 0. The van der Waals surface area contributed by atoms with E-state index in [2.05, 4.69) is 81.5 Å². The minimum atomic E-state index is -0.959. The molecule has 0 saturated heterocycles. The molecule has 0 spiro atoms. The molecule has 5 rings (SSSR count). The third-order valence-electron chi connectivity index (χ3n) is 8.23. The van der Waals surface area contributed by atoms with Crippen molar-refractivity contribution >= 4 is 6.09 Å². The Bertz CT molecular complexity index is 1240. The highest BCUT2D eigenvalue weighted by Gasteiger charge is 2.40. The first kappa shape index (κ1) is 22.6. The Labute approximate surface area is 202 Å². The van der Waals surface area contributed by atoms with Crippen LogP contribution in [0.4, 0.5) is 4.79 Å². The molecule has 176 valence electrons. The van der Waals surface area contributed by atoms with Crippen molar-refractivity contribution in [2.75, 3.05) is 0 Å². The molecular formula is C30H34N2O2. The average molecular weight is 455 g/mol. The first-order chi connectivity index (χ1) is 16.1. The van der Waals surface area contributed by atoms with Crippen LogP contribution in [-0.2, 0) is 16.4 Å². The van der Waals surface area contributed by atoms with E-state index in [4.69, 9.17) is 4.98 Å². The monoisotopic (exact) mass is 454 g/mol. The second-order valence-electron chi connectivity index (χ2n) is 11.4. The summed E-state index contributed by atoms with van der Waals surface area (Å²) in [6, 6.07) is 19.4. The number of nitrogens with one attached hydrogen (secondary N) is 1. The molecule has 1 aromatic heterocycles. The van der Waals surface area contributed by atoms with E-state index >= 15 is 0 Å². The van der Waals surface area contributed by atoms with Crippen LogP contribution in [-0.4, -0.2) is 16.2 Å². The Hall–Kier alpha value is -3.14. The number of fused-ring (bicyclic) bond motifs is 1. The van der Waals surface area contributed by atoms with Crippen molar-refractivity contribution in [1.29, 1.82) is 0 Å². The molecule has 1 heterocycles. The van der Waals surface area contributed by atoms with Crippen LogP contribution in [0.1, 0.15) is 76.5 Å². The van der Waals surface area contributed by atoms with Crippen LogP contribution in [0.3, 0.4) is 0 Å². The molecule has 34 heavy (non-hydrogen) atoms. The summed E-state index contributed by atoms with van der Waals surface area (Å²) in [5.41, 5.74) is 8.22. The maximum absolute atomic E-state index is 11.3. The zero-order chi connectivity index (χ0) is 24.1. The SMILES string of the molecule is CC1(C)CCC(C)(C)c2cc(-c3cc(-c4ccc(C5(NC(=O)O)CCC5)cc4)ccn3)ccc21. The first-order valence-electron chi connectivity index (χ1n) is 12.3. The molecule has 0 atom stereocenters. The van der Waals surface area contributed by atoms with Crippen molar-refractivity contribution in [3.05, 3.63) is 77.5 Å². The number of carboxylic acid groups (broad SMARTS) is 1. The van der Waals surface area contributed by atoms with Gasteiger partial charge in [0.1, 0.15) is 0 Å². The quantitative estimate of drug-likeness (QED) is 0.431. The molecule has 0 radical (unpaired) electrons. The van der Waals surface area contributed by atoms with E-state index in [1.165, 1.54) is 24.0 Å². The van der Waals surface area contributed by atoms with Crippen molar-refractivity contribution in [1.82, 2.24) is 10.3 Å². The Morgan fingerprint density at radius 2 is 1.44 bits per heavy atom. The number of carbonyl (C=O) groups is 1. The lowest BCUT2D eigenvalue weighted by Gasteiger charge is -2.42. The van der Waals surface area contributed by atoms with Crippen molar-refractivity contribution in [3.63, 3.8) is 0 Å². The van der Waals surface area contributed by atoms with Crippen LogP contribution < -0.4 is 5.32 Å². The molecule has 0 aliphatic heterocycles. The summed E-state index contributed by atoms with van der Waals surface area (Å²) < 4.78 is 0. The lowest BCUT2D eigenvalue weighted by molar-refractivity contribution is 0.144. The molecule has 2 aliphatic carbocycles. The molecule has 0 unspecified atom stereocenters. The molecule has 1 amide bonds. The fourth-order valence-corrected chi connectivity index (χ4v) is 5.72. The van der Waals surface area contributed by atoms with Gasteiger partial charge in [-0.15, -0.1) is 0 Å². The Morgan fingerprint density at radius 1 is 0.794 bits per heavy atom. The van der Waals surface area contributed by atoms with Crippen molar-refractivity contribution < 1.29 is 9.90 Å². The normalized spacial score (nSPS) is 19.5. The summed E-state index contributed by atoms with van der Waals surface area (Å²) in [5, 5.41) is 12.0. The number of nitrogens with zero attached hydrogens (tertiary/aromatic N) is 1. The number of hydrogen-bond donors (Lipinski definition) is 2. The smallest absolute Gasteiger partial charge is 0.405 e. The molecule has 0 bridgehead atoms. The first-order valence-corrected chi connectivity index (χ1v) is 12.3. The van der Waals surface area contributed by atoms with Gasteiger partial charge in [-0.3, -0.25) is 4.98 Å². The Balaban J connectivity index is 1.47. The molecule has 2 N–H and O–H groups in total. The van der Waals surface area contributed by atoms with Gasteiger partial charge in [0, 0.05) is 11.8 Å². The maximum Gasteiger partial charge on any atom is 0.405 e. The number of benzene rings is 2. The molecule has 1 fully saturated rings. The minimum absolute atomic E-state index is 0.162. The van der Waals surface area contributed by atoms with Gasteiger partial charge in [-0.25, -0.2) is 4.79 Å². The van der Waals surface area contributed by atoms with Crippen molar-refractivity contribution in [2.45, 2.75) is 76.2 Å². The van der Waals surface area contributed by atoms with Gasteiger partial charge in [0.25, 0.3) is 0 Å². The molecule has 3 aromatic rings. The van der Waals surface area contributed by atoms with Crippen LogP contribution >= 0.6 is 0 Å². The largest absolute Gasteiger partial charge is 0.465 e. The van der Waals surface area contributed by atoms with Gasteiger partial charge < -0.3 is 10.4 Å². The third kappa shape index (κ3) is 3.89. The summed E-state index contributed by atoms with van der Waals surface area (Å²) in [6.45, 7) is 9.40. The molecule has 1 saturated carbocycles. The molecule has 2 aromatic carbocycles. The van der Waals surface area contributed by atoms with E-state index in [1.54, 1.807) is 0 Å². The van der Waals surface area contributed by atoms with Crippen molar-refractivity contribution in [3.8, 4) is 22.4 Å². The number of pyridine rings is 1. The molecule has 4 heteroatoms. The lowest BCUT2D eigenvalue weighted by atomic mass is 9.63. The summed E-state index contributed by atoms with van der Waals surface area (Å²) in [4.78, 5) is 16.0. The lowest BCUT2D eigenvalue weighted by Crippen LogP contribution is -2.50. The molecule has 2 aliphatic rings. The number of hydrogen-bond acceptors (Lipinski definition) is 2. The summed E-state index contributed by atoms with van der Waals surface area (Å²) >= 11 is 0. The number of aromatic nitrogens is 1. The summed E-state index contributed by atoms with van der Waals surface area (Å²) in [5.74, 6) is 0. The van der Waals surface area contributed by atoms with Crippen LogP contribution in [0.15, 0.2) is 60.8 Å². The third-order valence-corrected chi connectivity index (χ3v) is 8.23. The van der Waals surface area contributed by atoms with E-state index in [0.29, 0.717) is 0 Å². The number of amides is 1. The van der Waals surface area contributed by atoms with E-state index in [-0.39, 0.29) is 10.8 Å². The van der Waals surface area contributed by atoms with Crippen LogP contribution in [0.5, 0.6) is 0 Å². The van der Waals surface area contributed by atoms with E-state index < -0.39 is 11.6 Å². The molecular weight excluding hydrogens is 420 g/mol. The van der Waals surface area contributed by atoms with Gasteiger partial charge in [0.2, 0.25) is 0 Å². The second-order valence-corrected chi connectivity index (χ2v) is 11.4. The zero-order valence-electron chi connectivity index (χ0n) is 20.6. The van der Waals surface area contributed by atoms with E-state index in [1.807, 2.05) is 12.3 Å². The fraction of sp³-hybridized carbons (Fsp3) is 0.400. The van der Waals surface area contributed by atoms with Gasteiger partial charge in [-0.05, 0) is 89.0 Å². The van der Waals surface area contributed by atoms with Gasteiger partial charge in [0.05, 0.1) is 11.2 Å². The zero-order valence-corrected chi connectivity index (χ0v) is 20.6. The van der Waals surface area contributed by atoms with Gasteiger partial charge >= 0.3 is 6.09 Å². The standard InChI is InChI=1S/C30H34N2O2/c1-28(2)15-16-29(3,4)25-18-22(8-11-24(25)28)26-19-21(12-17-31-26)20-6-9-23(10-7-20)30(13-5-14-30)32-27(33)34/h6-12,17-19,32H,5,13-16H2,1-4H3,(H,33,34). The fourth-order valence-electron chi connectivity index (χ4n) is 5.72. The number of rotatable bonds is 4. The summed E-state index contributed by atoms with van der Waals surface area (Å²) in [6.07, 6.45) is 6.07.